The summed E-state index contributed by atoms with van der Waals surface area (Å²) in [7, 11) is 1.89. The van der Waals surface area contributed by atoms with Gasteiger partial charge in [-0.15, -0.1) is 21.5 Å². The fourth-order valence-corrected chi connectivity index (χ4v) is 3.67. The number of nitrogens with one attached hydrogen (secondary N) is 1. The Labute approximate surface area is 148 Å². The van der Waals surface area contributed by atoms with Gasteiger partial charge in [0.25, 0.3) is 0 Å². The van der Waals surface area contributed by atoms with Gasteiger partial charge in [0.2, 0.25) is 5.91 Å². The molecule has 0 radical (unpaired) electrons. The van der Waals surface area contributed by atoms with Gasteiger partial charge >= 0.3 is 0 Å². The van der Waals surface area contributed by atoms with Gasteiger partial charge in [-0.1, -0.05) is 17.8 Å². The molecule has 0 aliphatic rings. The van der Waals surface area contributed by atoms with Gasteiger partial charge in [-0.2, -0.15) is 0 Å². The van der Waals surface area contributed by atoms with Gasteiger partial charge in [0, 0.05) is 29.9 Å². The fourth-order valence-electron chi connectivity index (χ4n) is 2.21. The number of thioether (sulfide) groups is 1. The van der Waals surface area contributed by atoms with Gasteiger partial charge in [-0.25, -0.2) is 0 Å². The first kappa shape index (κ1) is 16.7. The Kier molecular flexibility index (Phi) is 5.27. The number of nitrogens with zero attached hydrogens (tertiary/aromatic N) is 4. The fraction of sp³-hybridized carbons (Fsp3) is 0.250. The molecule has 3 aromatic heterocycles. The standard InChI is InChI=1S/C16H17N5OS2/c1-11(13-6-4-8-23-13)18-14(22)10-24-16-20-19-15(21(16)2)12-5-3-7-17-9-12/h3-9,11H,10H2,1-2H3,(H,18,22). The molecule has 0 aliphatic heterocycles. The second-order valence-electron chi connectivity index (χ2n) is 5.20. The average Bonchev–Trinajstić information content (AvgIpc) is 3.24. The maximum absolute atomic E-state index is 12.1. The number of thiophene rings is 1. The molecule has 0 spiro atoms. The molecule has 0 saturated heterocycles. The largest absolute Gasteiger partial charge is 0.348 e. The first-order valence-electron chi connectivity index (χ1n) is 7.40. The third kappa shape index (κ3) is 3.82. The smallest absolute Gasteiger partial charge is 0.230 e. The molecule has 0 bridgehead atoms. The van der Waals surface area contributed by atoms with E-state index < -0.39 is 0 Å². The van der Waals surface area contributed by atoms with Crippen LogP contribution in [0.3, 0.4) is 0 Å². The quantitative estimate of drug-likeness (QED) is 0.685. The molecule has 8 heteroatoms. The molecule has 0 fully saturated rings. The number of amides is 1. The Morgan fingerprint density at radius 1 is 1.38 bits per heavy atom. The highest BCUT2D eigenvalue weighted by atomic mass is 32.2. The SMILES string of the molecule is CC(NC(=O)CSc1nnc(-c2cccnc2)n1C)c1cccs1. The van der Waals surface area contributed by atoms with Crippen LogP contribution >= 0.6 is 23.1 Å². The lowest BCUT2D eigenvalue weighted by Gasteiger charge is -2.11. The van der Waals surface area contributed by atoms with Crippen molar-refractivity contribution >= 4 is 29.0 Å². The zero-order valence-electron chi connectivity index (χ0n) is 13.3. The maximum atomic E-state index is 12.1. The molecule has 1 N–H and O–H groups in total. The van der Waals surface area contributed by atoms with Gasteiger partial charge < -0.3 is 9.88 Å². The van der Waals surface area contributed by atoms with Gasteiger partial charge in [-0.05, 0) is 30.5 Å². The highest BCUT2D eigenvalue weighted by molar-refractivity contribution is 7.99. The molecule has 3 aromatic rings. The van der Waals surface area contributed by atoms with E-state index in [1.807, 2.05) is 48.2 Å². The Balaban J connectivity index is 1.59. The molecule has 3 heterocycles. The molecule has 1 unspecified atom stereocenters. The van der Waals surface area contributed by atoms with E-state index in [1.54, 1.807) is 23.7 Å². The Morgan fingerprint density at radius 2 is 2.25 bits per heavy atom. The molecule has 0 aliphatic carbocycles. The second-order valence-corrected chi connectivity index (χ2v) is 7.12. The van der Waals surface area contributed by atoms with Gasteiger partial charge in [-0.3, -0.25) is 9.78 Å². The number of hydrogen-bond donors (Lipinski definition) is 1. The molecule has 6 nitrogen and oxygen atoms in total. The first-order valence-corrected chi connectivity index (χ1v) is 9.27. The lowest BCUT2D eigenvalue weighted by molar-refractivity contribution is -0.119. The van der Waals surface area contributed by atoms with Crippen LogP contribution in [0.15, 0.2) is 47.2 Å². The van der Waals surface area contributed by atoms with E-state index in [-0.39, 0.29) is 11.9 Å². The van der Waals surface area contributed by atoms with Crippen LogP contribution in [-0.2, 0) is 11.8 Å². The van der Waals surface area contributed by atoms with Crippen LogP contribution in [0.5, 0.6) is 0 Å². The van der Waals surface area contributed by atoms with E-state index in [2.05, 4.69) is 20.5 Å². The topological polar surface area (TPSA) is 72.7 Å². The Bertz CT molecular complexity index is 801. The van der Waals surface area contributed by atoms with Crippen molar-refractivity contribution in [2.45, 2.75) is 18.1 Å². The van der Waals surface area contributed by atoms with E-state index in [0.717, 1.165) is 16.3 Å². The van der Waals surface area contributed by atoms with Crippen molar-refractivity contribution in [1.29, 1.82) is 0 Å². The van der Waals surface area contributed by atoms with Crippen LogP contribution < -0.4 is 5.32 Å². The number of aromatic nitrogens is 4. The van der Waals surface area contributed by atoms with Crippen LogP contribution in [0, 0.1) is 0 Å². The predicted molar refractivity (Wildman–Crippen MR) is 95.8 cm³/mol. The van der Waals surface area contributed by atoms with E-state index in [1.165, 1.54) is 11.8 Å². The summed E-state index contributed by atoms with van der Waals surface area (Å²) in [6, 6.07) is 7.81. The molecule has 0 saturated carbocycles. The van der Waals surface area contributed by atoms with Crippen molar-refractivity contribution in [3.63, 3.8) is 0 Å². The molecule has 0 aromatic carbocycles. The third-order valence-corrected chi connectivity index (χ3v) is 5.51. The lowest BCUT2D eigenvalue weighted by atomic mass is 10.3. The average molecular weight is 359 g/mol. The summed E-state index contributed by atoms with van der Waals surface area (Å²) in [5, 5.41) is 14.1. The number of carbonyl (C=O) groups is 1. The summed E-state index contributed by atoms with van der Waals surface area (Å²) in [6.45, 7) is 1.98. The van der Waals surface area contributed by atoms with Crippen molar-refractivity contribution in [3.05, 3.63) is 46.9 Å². The van der Waals surface area contributed by atoms with Crippen LogP contribution in [0.4, 0.5) is 0 Å². The minimum Gasteiger partial charge on any atom is -0.348 e. The summed E-state index contributed by atoms with van der Waals surface area (Å²) in [5.74, 6) is 1.01. The van der Waals surface area contributed by atoms with E-state index in [0.29, 0.717) is 10.9 Å². The zero-order chi connectivity index (χ0) is 16.9. The Hall–Kier alpha value is -2.19. The Morgan fingerprint density at radius 3 is 2.96 bits per heavy atom. The van der Waals surface area contributed by atoms with Gasteiger partial charge in [0.1, 0.15) is 0 Å². The van der Waals surface area contributed by atoms with E-state index in [4.69, 9.17) is 0 Å². The van der Waals surface area contributed by atoms with Crippen molar-refractivity contribution in [3.8, 4) is 11.4 Å². The monoisotopic (exact) mass is 359 g/mol. The third-order valence-electron chi connectivity index (χ3n) is 3.43. The minimum atomic E-state index is -0.0215. The van der Waals surface area contributed by atoms with E-state index >= 15 is 0 Å². The normalized spacial score (nSPS) is 12.1. The van der Waals surface area contributed by atoms with Gasteiger partial charge in [0.15, 0.2) is 11.0 Å². The van der Waals surface area contributed by atoms with Gasteiger partial charge in [0.05, 0.1) is 11.8 Å². The predicted octanol–water partition coefficient (Wildman–Crippen LogP) is 2.91. The second kappa shape index (κ2) is 7.59. The van der Waals surface area contributed by atoms with Crippen LogP contribution in [-0.4, -0.2) is 31.4 Å². The van der Waals surface area contributed by atoms with Crippen LogP contribution in [0.2, 0.25) is 0 Å². The minimum absolute atomic E-state index is 0.0172. The van der Waals surface area contributed by atoms with Crippen molar-refractivity contribution in [2.75, 3.05) is 5.75 Å². The molecule has 124 valence electrons. The first-order chi connectivity index (χ1) is 11.6. The molecular weight excluding hydrogens is 342 g/mol. The highest BCUT2D eigenvalue weighted by Gasteiger charge is 2.14. The summed E-state index contributed by atoms with van der Waals surface area (Å²) in [6.07, 6.45) is 3.46. The molecule has 1 amide bonds. The number of rotatable bonds is 6. The highest BCUT2D eigenvalue weighted by Crippen LogP contribution is 2.22. The summed E-state index contributed by atoms with van der Waals surface area (Å²) in [5.41, 5.74) is 0.898. The zero-order valence-corrected chi connectivity index (χ0v) is 15.0. The molecule has 1 atom stereocenters. The van der Waals surface area contributed by atoms with Crippen molar-refractivity contribution < 1.29 is 4.79 Å². The van der Waals surface area contributed by atoms with E-state index in [9.17, 15) is 4.79 Å². The number of pyridine rings is 1. The maximum Gasteiger partial charge on any atom is 0.230 e. The molecule has 24 heavy (non-hydrogen) atoms. The van der Waals surface area contributed by atoms with Crippen LogP contribution in [0.1, 0.15) is 17.8 Å². The molecule has 3 rings (SSSR count). The molecular formula is C16H17N5OS2. The number of hydrogen-bond acceptors (Lipinski definition) is 6. The number of carbonyl (C=O) groups excluding carboxylic acids is 1. The van der Waals surface area contributed by atoms with Crippen LogP contribution in [0.25, 0.3) is 11.4 Å². The van der Waals surface area contributed by atoms with Crippen molar-refractivity contribution in [1.82, 2.24) is 25.1 Å². The summed E-state index contributed by atoms with van der Waals surface area (Å²) in [4.78, 5) is 17.4. The lowest BCUT2D eigenvalue weighted by Crippen LogP contribution is -2.27. The summed E-state index contributed by atoms with van der Waals surface area (Å²) >= 11 is 3.01. The van der Waals surface area contributed by atoms with Crippen molar-refractivity contribution in [2.24, 2.45) is 7.05 Å². The summed E-state index contributed by atoms with van der Waals surface area (Å²) < 4.78 is 1.87.